The molecule has 2 aromatic rings. The Kier molecular flexibility index (Phi) is 5.25. The van der Waals surface area contributed by atoms with Gasteiger partial charge in [-0.05, 0) is 50.5 Å². The minimum Gasteiger partial charge on any atom is -0.482 e. The standard InChI is InChI=1S/C21H23N3O5S/c1-13-5-7-15(8-6-13)22-21(26)17-4-3-9-24(17)30(27,28)19-11-18-16(10-14(19)2)23-20(25)12-29-18/h5-8,10-11,17H,3-4,9,12H2,1-2H3,(H,22,26)(H,23,25)/t17-/m0/s1. The number of fused-ring (bicyclic) bond motifs is 1. The van der Waals surface area contributed by atoms with E-state index in [1.54, 1.807) is 25.1 Å². The first kappa shape index (κ1) is 20.4. The third-order valence-electron chi connectivity index (χ3n) is 5.32. The molecule has 2 aromatic carbocycles. The van der Waals surface area contributed by atoms with Crippen molar-refractivity contribution < 1.29 is 22.7 Å². The Hall–Kier alpha value is -2.91. The highest BCUT2D eigenvalue weighted by Crippen LogP contribution is 2.36. The third kappa shape index (κ3) is 3.78. The highest BCUT2D eigenvalue weighted by atomic mass is 32.2. The molecule has 1 atom stereocenters. The first-order chi connectivity index (χ1) is 14.3. The highest BCUT2D eigenvalue weighted by molar-refractivity contribution is 7.89. The second kappa shape index (κ2) is 7.73. The summed E-state index contributed by atoms with van der Waals surface area (Å²) in [4.78, 5) is 24.4. The van der Waals surface area contributed by atoms with Gasteiger partial charge in [0.25, 0.3) is 5.91 Å². The van der Waals surface area contributed by atoms with Crippen molar-refractivity contribution in [3.63, 3.8) is 0 Å². The predicted octanol–water partition coefficient (Wildman–Crippen LogP) is 2.43. The van der Waals surface area contributed by atoms with Crippen molar-refractivity contribution in [1.82, 2.24) is 4.31 Å². The highest BCUT2D eigenvalue weighted by Gasteiger charge is 2.40. The molecule has 1 saturated heterocycles. The van der Waals surface area contributed by atoms with Crippen LogP contribution in [0.3, 0.4) is 0 Å². The van der Waals surface area contributed by atoms with Crippen molar-refractivity contribution in [2.24, 2.45) is 0 Å². The monoisotopic (exact) mass is 429 g/mol. The van der Waals surface area contributed by atoms with E-state index in [4.69, 9.17) is 4.74 Å². The van der Waals surface area contributed by atoms with Crippen LogP contribution in [0.1, 0.15) is 24.0 Å². The van der Waals surface area contributed by atoms with E-state index in [1.165, 1.54) is 10.4 Å². The summed E-state index contributed by atoms with van der Waals surface area (Å²) in [5.74, 6) is -0.331. The van der Waals surface area contributed by atoms with Gasteiger partial charge in [-0.2, -0.15) is 4.31 Å². The maximum absolute atomic E-state index is 13.4. The Morgan fingerprint density at radius 3 is 2.67 bits per heavy atom. The number of nitrogens with zero attached hydrogens (tertiary/aromatic N) is 1. The number of ether oxygens (including phenoxy) is 1. The number of amides is 2. The second-order valence-electron chi connectivity index (χ2n) is 7.58. The summed E-state index contributed by atoms with van der Waals surface area (Å²) in [6.45, 7) is 3.71. The molecule has 0 aliphatic carbocycles. The van der Waals surface area contributed by atoms with Gasteiger partial charge in [-0.1, -0.05) is 17.7 Å². The zero-order valence-electron chi connectivity index (χ0n) is 16.8. The lowest BCUT2D eigenvalue weighted by Gasteiger charge is -2.26. The second-order valence-corrected chi connectivity index (χ2v) is 9.44. The van der Waals surface area contributed by atoms with Crippen LogP contribution < -0.4 is 15.4 Å². The number of aryl methyl sites for hydroxylation is 2. The van der Waals surface area contributed by atoms with Gasteiger partial charge in [0.1, 0.15) is 11.8 Å². The van der Waals surface area contributed by atoms with Crippen LogP contribution >= 0.6 is 0 Å². The lowest BCUT2D eigenvalue weighted by molar-refractivity contribution is -0.119. The Labute approximate surface area is 175 Å². The summed E-state index contributed by atoms with van der Waals surface area (Å²) < 4.78 is 33.5. The summed E-state index contributed by atoms with van der Waals surface area (Å²) in [6.07, 6.45) is 1.05. The molecule has 0 bridgehead atoms. The van der Waals surface area contributed by atoms with Crippen molar-refractivity contribution in [1.29, 1.82) is 0 Å². The number of benzene rings is 2. The van der Waals surface area contributed by atoms with Gasteiger partial charge in [0.05, 0.1) is 10.6 Å². The van der Waals surface area contributed by atoms with Gasteiger partial charge in [0, 0.05) is 18.3 Å². The molecule has 0 aromatic heterocycles. The molecule has 2 heterocycles. The number of anilines is 2. The number of hydrogen-bond acceptors (Lipinski definition) is 5. The lowest BCUT2D eigenvalue weighted by Crippen LogP contribution is -2.43. The molecule has 0 saturated carbocycles. The van der Waals surface area contributed by atoms with Crippen LogP contribution in [0.2, 0.25) is 0 Å². The van der Waals surface area contributed by atoms with Gasteiger partial charge in [0.15, 0.2) is 6.61 Å². The number of carbonyl (C=O) groups excluding carboxylic acids is 2. The Morgan fingerprint density at radius 1 is 1.20 bits per heavy atom. The maximum atomic E-state index is 13.4. The SMILES string of the molecule is Cc1ccc(NC(=O)[C@@H]2CCCN2S(=O)(=O)c2cc3c(cc2C)NC(=O)CO3)cc1. The lowest BCUT2D eigenvalue weighted by atomic mass is 10.2. The summed E-state index contributed by atoms with van der Waals surface area (Å²) >= 11 is 0. The first-order valence-electron chi connectivity index (χ1n) is 9.72. The van der Waals surface area contributed by atoms with E-state index < -0.39 is 16.1 Å². The van der Waals surface area contributed by atoms with Crippen LogP contribution in [0, 0.1) is 13.8 Å². The Balaban J connectivity index is 1.61. The maximum Gasteiger partial charge on any atom is 0.262 e. The molecule has 4 rings (SSSR count). The van der Waals surface area contributed by atoms with Crippen molar-refractivity contribution in [2.75, 3.05) is 23.8 Å². The zero-order chi connectivity index (χ0) is 21.5. The quantitative estimate of drug-likeness (QED) is 0.777. The van der Waals surface area contributed by atoms with Gasteiger partial charge < -0.3 is 15.4 Å². The van der Waals surface area contributed by atoms with Crippen LogP contribution in [0.4, 0.5) is 11.4 Å². The van der Waals surface area contributed by atoms with Crippen LogP contribution in [0.5, 0.6) is 5.75 Å². The molecule has 0 radical (unpaired) electrons. The average molecular weight is 429 g/mol. The van der Waals surface area contributed by atoms with E-state index in [0.717, 1.165) is 5.56 Å². The molecule has 0 unspecified atom stereocenters. The van der Waals surface area contributed by atoms with Crippen molar-refractivity contribution in [3.8, 4) is 5.75 Å². The minimum atomic E-state index is -3.93. The minimum absolute atomic E-state index is 0.0763. The van der Waals surface area contributed by atoms with Crippen LogP contribution in [0.15, 0.2) is 41.3 Å². The molecule has 2 aliphatic heterocycles. The van der Waals surface area contributed by atoms with Gasteiger partial charge in [-0.3, -0.25) is 9.59 Å². The number of carbonyl (C=O) groups is 2. The molecule has 8 nitrogen and oxygen atoms in total. The number of hydrogen-bond donors (Lipinski definition) is 2. The first-order valence-corrected chi connectivity index (χ1v) is 11.2. The fraction of sp³-hybridized carbons (Fsp3) is 0.333. The number of nitrogens with one attached hydrogen (secondary N) is 2. The van der Waals surface area contributed by atoms with E-state index >= 15 is 0 Å². The molecule has 9 heteroatoms. The van der Waals surface area contributed by atoms with Crippen molar-refractivity contribution in [3.05, 3.63) is 47.5 Å². The topological polar surface area (TPSA) is 105 Å². The molecular weight excluding hydrogens is 406 g/mol. The molecule has 2 amide bonds. The fourth-order valence-corrected chi connectivity index (χ4v) is 5.65. The normalized spacial score (nSPS) is 19.0. The molecule has 30 heavy (non-hydrogen) atoms. The number of rotatable bonds is 4. The predicted molar refractivity (Wildman–Crippen MR) is 112 cm³/mol. The molecule has 1 fully saturated rings. The molecule has 158 valence electrons. The smallest absolute Gasteiger partial charge is 0.262 e. The Bertz CT molecular complexity index is 1110. The third-order valence-corrected chi connectivity index (χ3v) is 7.37. The van der Waals surface area contributed by atoms with Crippen molar-refractivity contribution in [2.45, 2.75) is 37.6 Å². The van der Waals surface area contributed by atoms with E-state index in [-0.39, 0.29) is 29.9 Å². The molecule has 0 spiro atoms. The zero-order valence-corrected chi connectivity index (χ0v) is 17.6. The van der Waals surface area contributed by atoms with Crippen LogP contribution in [0.25, 0.3) is 0 Å². The number of sulfonamides is 1. The van der Waals surface area contributed by atoms with Crippen LogP contribution in [-0.2, 0) is 19.6 Å². The summed E-state index contributed by atoms with van der Waals surface area (Å²) in [6, 6.07) is 9.57. The van der Waals surface area contributed by atoms with Gasteiger partial charge in [-0.15, -0.1) is 0 Å². The summed E-state index contributed by atoms with van der Waals surface area (Å²) in [7, 11) is -3.93. The van der Waals surface area contributed by atoms with E-state index in [0.29, 0.717) is 35.5 Å². The van der Waals surface area contributed by atoms with Crippen LogP contribution in [-0.4, -0.2) is 43.7 Å². The molecular formula is C21H23N3O5S. The fourth-order valence-electron chi connectivity index (χ4n) is 3.77. The largest absolute Gasteiger partial charge is 0.482 e. The van der Waals surface area contributed by atoms with Crippen molar-refractivity contribution >= 4 is 33.2 Å². The van der Waals surface area contributed by atoms with Gasteiger partial charge in [0.2, 0.25) is 15.9 Å². The van der Waals surface area contributed by atoms with E-state index in [2.05, 4.69) is 10.6 Å². The van der Waals surface area contributed by atoms with Gasteiger partial charge in [-0.25, -0.2) is 8.42 Å². The summed E-state index contributed by atoms with van der Waals surface area (Å²) in [5.41, 5.74) is 2.62. The Morgan fingerprint density at radius 2 is 1.93 bits per heavy atom. The molecule has 2 N–H and O–H groups in total. The average Bonchev–Trinajstić information content (AvgIpc) is 3.20. The molecule has 2 aliphatic rings. The summed E-state index contributed by atoms with van der Waals surface area (Å²) in [5, 5.41) is 5.49. The van der Waals surface area contributed by atoms with E-state index in [9.17, 15) is 18.0 Å². The van der Waals surface area contributed by atoms with Gasteiger partial charge >= 0.3 is 0 Å². The van der Waals surface area contributed by atoms with E-state index in [1.807, 2.05) is 19.1 Å².